The zero-order chi connectivity index (χ0) is 18.7. The highest BCUT2D eigenvalue weighted by atomic mass is 35.5. The van der Waals surface area contributed by atoms with Gasteiger partial charge in [-0.25, -0.2) is 0 Å². The largest absolute Gasteiger partial charge is 0.484 e. The van der Waals surface area contributed by atoms with E-state index in [1.165, 1.54) is 12.1 Å². The Hall–Kier alpha value is -2.44. The zero-order valence-corrected chi connectivity index (χ0v) is 15.3. The molecule has 0 bridgehead atoms. The minimum Gasteiger partial charge on any atom is -0.484 e. The molecule has 1 saturated heterocycles. The van der Waals surface area contributed by atoms with E-state index >= 15 is 0 Å². The van der Waals surface area contributed by atoms with Crippen LogP contribution in [0.3, 0.4) is 0 Å². The van der Waals surface area contributed by atoms with Crippen LogP contribution in [0.25, 0.3) is 0 Å². The van der Waals surface area contributed by atoms with Gasteiger partial charge in [0.05, 0.1) is 15.7 Å². The number of ether oxygens (including phenoxy) is 1. The van der Waals surface area contributed by atoms with Crippen molar-refractivity contribution in [3.63, 3.8) is 0 Å². The van der Waals surface area contributed by atoms with Crippen molar-refractivity contribution in [2.75, 3.05) is 29.1 Å². The Balaban J connectivity index is 1.55. The Morgan fingerprint density at radius 2 is 1.85 bits per heavy atom. The number of carbonyl (C=O) groups excluding carboxylic acids is 2. The Kier molecular flexibility index (Phi) is 5.54. The van der Waals surface area contributed by atoms with E-state index in [1.54, 1.807) is 29.2 Å². The average Bonchev–Trinajstić information content (AvgIpc) is 3.04. The van der Waals surface area contributed by atoms with Gasteiger partial charge in [-0.05, 0) is 42.8 Å². The second kappa shape index (κ2) is 7.85. The summed E-state index contributed by atoms with van der Waals surface area (Å²) in [6.07, 6.45) is 1.45. The maximum atomic E-state index is 12.0. The lowest BCUT2D eigenvalue weighted by Gasteiger charge is -2.16. The number of rotatable bonds is 5. The molecule has 2 aromatic rings. The second-order valence-electron chi connectivity index (χ2n) is 5.83. The lowest BCUT2D eigenvalue weighted by Crippen LogP contribution is -2.23. The molecule has 2 amide bonds. The van der Waals surface area contributed by atoms with E-state index in [1.807, 2.05) is 0 Å². The molecule has 1 fully saturated rings. The summed E-state index contributed by atoms with van der Waals surface area (Å²) in [5.41, 5.74) is 7.18. The van der Waals surface area contributed by atoms with E-state index in [2.05, 4.69) is 5.32 Å². The average molecular weight is 394 g/mol. The summed E-state index contributed by atoms with van der Waals surface area (Å²) in [6, 6.07) is 10.1. The van der Waals surface area contributed by atoms with Gasteiger partial charge in [0.15, 0.2) is 6.61 Å². The van der Waals surface area contributed by atoms with Gasteiger partial charge < -0.3 is 20.7 Å². The van der Waals surface area contributed by atoms with Gasteiger partial charge in [-0.15, -0.1) is 0 Å². The Labute approximate surface area is 160 Å². The molecule has 0 radical (unpaired) electrons. The number of nitrogens with two attached hydrogens (primary N) is 1. The molecule has 0 unspecified atom stereocenters. The van der Waals surface area contributed by atoms with E-state index < -0.39 is 0 Å². The number of nitrogens with one attached hydrogen (secondary N) is 1. The van der Waals surface area contributed by atoms with Gasteiger partial charge in [0.2, 0.25) is 5.91 Å². The predicted molar refractivity (Wildman–Crippen MR) is 103 cm³/mol. The molecule has 8 heteroatoms. The van der Waals surface area contributed by atoms with Crippen LogP contribution in [0, 0.1) is 0 Å². The van der Waals surface area contributed by atoms with Crippen molar-refractivity contribution in [2.24, 2.45) is 0 Å². The number of nitrogen functional groups attached to an aromatic ring is 1. The normalized spacial score (nSPS) is 13.8. The predicted octanol–water partition coefficient (Wildman–Crippen LogP) is 3.72. The van der Waals surface area contributed by atoms with Crippen LogP contribution in [0.15, 0.2) is 36.4 Å². The lowest BCUT2D eigenvalue weighted by molar-refractivity contribution is -0.118. The lowest BCUT2D eigenvalue weighted by atomic mass is 10.2. The van der Waals surface area contributed by atoms with Crippen LogP contribution < -0.4 is 20.7 Å². The topological polar surface area (TPSA) is 84.7 Å². The summed E-state index contributed by atoms with van der Waals surface area (Å²) < 4.78 is 5.46. The first-order valence-electron chi connectivity index (χ1n) is 8.01. The molecule has 26 heavy (non-hydrogen) atoms. The first kappa shape index (κ1) is 18.4. The van der Waals surface area contributed by atoms with Crippen molar-refractivity contribution in [2.45, 2.75) is 12.8 Å². The minimum atomic E-state index is -0.360. The van der Waals surface area contributed by atoms with Crippen LogP contribution >= 0.6 is 23.2 Å². The smallest absolute Gasteiger partial charge is 0.262 e. The third-order valence-corrected chi connectivity index (χ3v) is 4.58. The van der Waals surface area contributed by atoms with Gasteiger partial charge in [0.1, 0.15) is 5.75 Å². The molecule has 1 aliphatic heterocycles. The van der Waals surface area contributed by atoms with Crippen LogP contribution in [0.4, 0.5) is 17.1 Å². The molecule has 0 atom stereocenters. The molecule has 1 heterocycles. The summed E-state index contributed by atoms with van der Waals surface area (Å²) in [6.45, 7) is 0.551. The van der Waals surface area contributed by atoms with Crippen LogP contribution in [-0.2, 0) is 9.59 Å². The van der Waals surface area contributed by atoms with Crippen molar-refractivity contribution in [1.82, 2.24) is 0 Å². The number of carbonyl (C=O) groups is 2. The van der Waals surface area contributed by atoms with Gasteiger partial charge in [-0.3, -0.25) is 9.59 Å². The molecule has 0 saturated carbocycles. The van der Waals surface area contributed by atoms with E-state index in [9.17, 15) is 9.59 Å². The fourth-order valence-corrected chi connectivity index (χ4v) is 3.13. The van der Waals surface area contributed by atoms with Gasteiger partial charge in [0, 0.05) is 24.3 Å². The molecule has 0 spiro atoms. The maximum Gasteiger partial charge on any atom is 0.262 e. The summed E-state index contributed by atoms with van der Waals surface area (Å²) in [5.74, 6) is 0.295. The van der Waals surface area contributed by atoms with E-state index in [4.69, 9.17) is 33.7 Å². The second-order valence-corrected chi connectivity index (χ2v) is 6.65. The molecule has 3 rings (SSSR count). The monoisotopic (exact) mass is 393 g/mol. The maximum absolute atomic E-state index is 12.0. The number of hydrogen-bond acceptors (Lipinski definition) is 4. The first-order chi connectivity index (χ1) is 12.4. The number of anilines is 3. The molecule has 0 aliphatic carbocycles. The fraction of sp³-hybridized carbons (Fsp3) is 0.222. The highest BCUT2D eigenvalue weighted by molar-refractivity contribution is 6.39. The highest BCUT2D eigenvalue weighted by Gasteiger charge is 2.21. The quantitative estimate of drug-likeness (QED) is 0.757. The van der Waals surface area contributed by atoms with Gasteiger partial charge in [-0.2, -0.15) is 0 Å². The van der Waals surface area contributed by atoms with Crippen LogP contribution in [0.5, 0.6) is 5.75 Å². The van der Waals surface area contributed by atoms with Crippen molar-refractivity contribution >= 4 is 52.1 Å². The standard InChI is InChI=1S/C18H17Cl2N3O3/c19-14-8-11(9-15(20)18(14)21)22-16(24)10-26-13-5-3-12(4-6-13)23-7-1-2-17(23)25/h3-6,8-9H,1-2,7,10,21H2,(H,22,24). The van der Waals surface area contributed by atoms with Crippen molar-refractivity contribution in [3.8, 4) is 5.75 Å². The molecule has 2 aromatic carbocycles. The zero-order valence-electron chi connectivity index (χ0n) is 13.8. The van der Waals surface area contributed by atoms with Crippen molar-refractivity contribution in [3.05, 3.63) is 46.4 Å². The summed E-state index contributed by atoms with van der Waals surface area (Å²) in [5, 5.41) is 3.17. The van der Waals surface area contributed by atoms with Crippen molar-refractivity contribution < 1.29 is 14.3 Å². The fourth-order valence-electron chi connectivity index (χ4n) is 2.65. The van der Waals surface area contributed by atoms with Crippen LogP contribution in [0.2, 0.25) is 10.0 Å². The van der Waals surface area contributed by atoms with Gasteiger partial charge >= 0.3 is 0 Å². The minimum absolute atomic E-state index is 0.124. The van der Waals surface area contributed by atoms with Gasteiger partial charge in [-0.1, -0.05) is 23.2 Å². The third kappa shape index (κ3) is 4.20. The van der Waals surface area contributed by atoms with E-state index in [0.717, 1.165) is 18.7 Å². The summed E-state index contributed by atoms with van der Waals surface area (Å²) >= 11 is 11.9. The Bertz CT molecular complexity index is 817. The highest BCUT2D eigenvalue weighted by Crippen LogP contribution is 2.31. The first-order valence-corrected chi connectivity index (χ1v) is 8.77. The number of halogens is 2. The number of amides is 2. The molecule has 0 aromatic heterocycles. The summed E-state index contributed by atoms with van der Waals surface area (Å²) in [4.78, 5) is 25.5. The van der Waals surface area contributed by atoms with Gasteiger partial charge in [0.25, 0.3) is 5.91 Å². The van der Waals surface area contributed by atoms with E-state index in [0.29, 0.717) is 17.9 Å². The molecule has 1 aliphatic rings. The number of hydrogen-bond donors (Lipinski definition) is 2. The molecular formula is C18H17Cl2N3O3. The molecular weight excluding hydrogens is 377 g/mol. The molecule has 6 nitrogen and oxygen atoms in total. The van der Waals surface area contributed by atoms with Crippen molar-refractivity contribution in [1.29, 1.82) is 0 Å². The van der Waals surface area contributed by atoms with Crippen LogP contribution in [0.1, 0.15) is 12.8 Å². The third-order valence-electron chi connectivity index (χ3n) is 3.95. The number of nitrogens with zero attached hydrogens (tertiary/aromatic N) is 1. The SMILES string of the molecule is Nc1c(Cl)cc(NC(=O)COc2ccc(N3CCCC3=O)cc2)cc1Cl. The Morgan fingerprint density at radius 3 is 2.42 bits per heavy atom. The number of benzene rings is 2. The van der Waals surface area contributed by atoms with Crippen LogP contribution in [-0.4, -0.2) is 25.0 Å². The molecule has 136 valence electrons. The molecule has 3 N–H and O–H groups in total. The summed E-state index contributed by atoms with van der Waals surface area (Å²) in [7, 11) is 0. The Morgan fingerprint density at radius 1 is 1.19 bits per heavy atom. The van der Waals surface area contributed by atoms with E-state index in [-0.39, 0.29) is 34.2 Å².